The van der Waals surface area contributed by atoms with Crippen molar-refractivity contribution in [1.82, 2.24) is 10.3 Å². The lowest BCUT2D eigenvalue weighted by molar-refractivity contribution is -0.120. The number of aliphatic hydroxyl groups excluding tert-OH is 1. The molecular formula is C15H17ClN2O2. The van der Waals surface area contributed by atoms with Crippen LogP contribution in [0.2, 0.25) is 5.02 Å². The number of carbonyl (C=O) groups is 1. The number of nitrogens with one attached hydrogen (secondary N) is 1. The third-order valence-electron chi connectivity index (χ3n) is 3.04. The van der Waals surface area contributed by atoms with Crippen LogP contribution in [0.4, 0.5) is 0 Å². The molecule has 1 heterocycles. The Balaban J connectivity index is 2.04. The Morgan fingerprint density at radius 1 is 1.45 bits per heavy atom. The highest BCUT2D eigenvalue weighted by Crippen LogP contribution is 2.18. The molecule has 0 radical (unpaired) electrons. The highest BCUT2D eigenvalue weighted by molar-refractivity contribution is 6.31. The monoisotopic (exact) mass is 292 g/mol. The third kappa shape index (κ3) is 3.92. The Hall–Kier alpha value is -1.65. The van der Waals surface area contributed by atoms with Crippen molar-refractivity contribution in [3.05, 3.63) is 41.0 Å². The van der Waals surface area contributed by atoms with Gasteiger partial charge in [0.15, 0.2) is 0 Å². The molecular weight excluding hydrogens is 276 g/mol. The van der Waals surface area contributed by atoms with E-state index in [0.717, 1.165) is 16.5 Å². The van der Waals surface area contributed by atoms with Crippen LogP contribution in [0.1, 0.15) is 12.5 Å². The zero-order valence-corrected chi connectivity index (χ0v) is 12.0. The van der Waals surface area contributed by atoms with E-state index in [9.17, 15) is 4.79 Å². The predicted molar refractivity (Wildman–Crippen MR) is 79.7 cm³/mol. The molecule has 2 aromatic rings. The van der Waals surface area contributed by atoms with E-state index in [1.54, 1.807) is 6.20 Å². The number of hydrogen-bond acceptors (Lipinski definition) is 3. The van der Waals surface area contributed by atoms with Gasteiger partial charge >= 0.3 is 0 Å². The number of amides is 1. The molecule has 106 valence electrons. The van der Waals surface area contributed by atoms with Crippen molar-refractivity contribution >= 4 is 28.4 Å². The average Bonchev–Trinajstić information content (AvgIpc) is 2.44. The van der Waals surface area contributed by atoms with Gasteiger partial charge in [0, 0.05) is 24.7 Å². The maximum atomic E-state index is 11.8. The van der Waals surface area contributed by atoms with Crippen LogP contribution in [0.25, 0.3) is 10.9 Å². The summed E-state index contributed by atoms with van der Waals surface area (Å²) in [5.74, 6) is 0.0122. The van der Waals surface area contributed by atoms with E-state index in [-0.39, 0.29) is 18.4 Å². The summed E-state index contributed by atoms with van der Waals surface area (Å²) in [6.45, 7) is 2.43. The van der Waals surface area contributed by atoms with Gasteiger partial charge in [-0.15, -0.1) is 0 Å². The summed E-state index contributed by atoms with van der Waals surface area (Å²) >= 11 is 5.91. The maximum absolute atomic E-state index is 11.8. The molecule has 0 aliphatic heterocycles. The number of hydrogen-bond donors (Lipinski definition) is 2. The molecule has 0 aliphatic rings. The molecule has 4 nitrogen and oxygen atoms in total. The van der Waals surface area contributed by atoms with Crippen molar-refractivity contribution in [2.75, 3.05) is 13.2 Å². The van der Waals surface area contributed by atoms with Crippen LogP contribution in [0.5, 0.6) is 0 Å². The van der Waals surface area contributed by atoms with Crippen LogP contribution in [0.15, 0.2) is 30.5 Å². The zero-order valence-electron chi connectivity index (χ0n) is 11.3. The first-order chi connectivity index (χ1) is 9.58. The van der Waals surface area contributed by atoms with Gasteiger partial charge in [-0.25, -0.2) is 0 Å². The van der Waals surface area contributed by atoms with Gasteiger partial charge in [0.1, 0.15) is 0 Å². The second-order valence-corrected chi connectivity index (χ2v) is 5.39. The molecule has 1 unspecified atom stereocenters. The Bertz CT molecular complexity index is 616. The van der Waals surface area contributed by atoms with Crippen LogP contribution < -0.4 is 5.32 Å². The van der Waals surface area contributed by atoms with Gasteiger partial charge in [-0.2, -0.15) is 0 Å². The second kappa shape index (κ2) is 6.68. The number of nitrogens with zero attached hydrogens (tertiary/aromatic N) is 1. The first-order valence-corrected chi connectivity index (χ1v) is 6.88. The highest BCUT2D eigenvalue weighted by atomic mass is 35.5. The summed E-state index contributed by atoms with van der Waals surface area (Å²) in [7, 11) is 0. The van der Waals surface area contributed by atoms with E-state index in [1.807, 2.05) is 31.2 Å². The van der Waals surface area contributed by atoms with Gasteiger partial charge in [-0.3, -0.25) is 9.78 Å². The first kappa shape index (κ1) is 14.8. The van der Waals surface area contributed by atoms with E-state index in [2.05, 4.69) is 10.3 Å². The fourth-order valence-corrected chi connectivity index (χ4v) is 2.03. The lowest BCUT2D eigenvalue weighted by Gasteiger charge is -2.10. The molecule has 1 amide bonds. The molecule has 2 N–H and O–H groups in total. The normalized spacial score (nSPS) is 12.3. The van der Waals surface area contributed by atoms with Crippen molar-refractivity contribution in [2.45, 2.75) is 13.3 Å². The van der Waals surface area contributed by atoms with Crippen molar-refractivity contribution in [2.24, 2.45) is 5.92 Å². The average molecular weight is 293 g/mol. The Labute approximate surface area is 122 Å². The van der Waals surface area contributed by atoms with Crippen molar-refractivity contribution in [3.63, 3.8) is 0 Å². The minimum Gasteiger partial charge on any atom is -0.396 e. The topological polar surface area (TPSA) is 62.2 Å². The quantitative estimate of drug-likeness (QED) is 0.888. The fraction of sp³-hybridized carbons (Fsp3) is 0.333. The summed E-state index contributed by atoms with van der Waals surface area (Å²) in [6, 6.07) is 7.52. The molecule has 0 aliphatic carbocycles. The molecule has 0 bridgehead atoms. The predicted octanol–water partition coefficient (Wildman–Crippen LogP) is 2.18. The third-order valence-corrected chi connectivity index (χ3v) is 3.24. The van der Waals surface area contributed by atoms with Gasteiger partial charge < -0.3 is 10.4 Å². The Morgan fingerprint density at radius 3 is 3.00 bits per heavy atom. The molecule has 2 rings (SSSR count). The summed E-state index contributed by atoms with van der Waals surface area (Å²) in [5.41, 5.74) is 1.77. The maximum Gasteiger partial charge on any atom is 0.224 e. The van der Waals surface area contributed by atoms with E-state index in [4.69, 9.17) is 16.7 Å². The van der Waals surface area contributed by atoms with Crippen LogP contribution in [-0.4, -0.2) is 29.1 Å². The largest absolute Gasteiger partial charge is 0.396 e. The van der Waals surface area contributed by atoms with Gasteiger partial charge in [0.2, 0.25) is 5.91 Å². The summed E-state index contributed by atoms with van der Waals surface area (Å²) < 4.78 is 0. The van der Waals surface area contributed by atoms with Crippen LogP contribution in [-0.2, 0) is 11.2 Å². The molecule has 5 heteroatoms. The highest BCUT2D eigenvalue weighted by Gasteiger charge is 2.07. The molecule has 0 saturated carbocycles. The van der Waals surface area contributed by atoms with Crippen molar-refractivity contribution < 1.29 is 9.90 Å². The number of carbonyl (C=O) groups excluding carboxylic acids is 1. The number of fused-ring (bicyclic) bond motifs is 1. The van der Waals surface area contributed by atoms with Gasteiger partial charge in [0.25, 0.3) is 0 Å². The number of benzene rings is 1. The zero-order chi connectivity index (χ0) is 14.5. The van der Waals surface area contributed by atoms with Gasteiger partial charge in [-0.05, 0) is 29.7 Å². The number of rotatable bonds is 5. The van der Waals surface area contributed by atoms with Crippen LogP contribution >= 0.6 is 11.6 Å². The van der Waals surface area contributed by atoms with E-state index in [1.165, 1.54) is 0 Å². The van der Waals surface area contributed by atoms with E-state index >= 15 is 0 Å². The Kier molecular flexibility index (Phi) is 4.93. The molecule has 0 saturated heterocycles. The first-order valence-electron chi connectivity index (χ1n) is 6.50. The molecule has 0 fully saturated rings. The van der Waals surface area contributed by atoms with Crippen molar-refractivity contribution in [1.29, 1.82) is 0 Å². The van der Waals surface area contributed by atoms with Crippen molar-refractivity contribution in [3.8, 4) is 0 Å². The number of aromatic nitrogens is 1. The molecule has 0 spiro atoms. The van der Waals surface area contributed by atoms with E-state index in [0.29, 0.717) is 18.0 Å². The Morgan fingerprint density at radius 2 is 2.25 bits per heavy atom. The molecule has 20 heavy (non-hydrogen) atoms. The van der Waals surface area contributed by atoms with Crippen LogP contribution in [0.3, 0.4) is 0 Å². The minimum absolute atomic E-state index is 0.0559. The second-order valence-electron chi connectivity index (χ2n) is 4.95. The van der Waals surface area contributed by atoms with Gasteiger partial charge in [-0.1, -0.05) is 24.6 Å². The standard InChI is InChI=1S/C15H17ClN2O2/c1-10(9-19)7-18-15(20)5-11-2-3-14-12(4-11)6-13(16)8-17-14/h2-4,6,8,10,19H,5,7,9H2,1H3,(H,18,20). The minimum atomic E-state index is -0.0559. The number of halogens is 1. The summed E-state index contributed by atoms with van der Waals surface area (Å²) in [4.78, 5) is 16.0. The summed E-state index contributed by atoms with van der Waals surface area (Å²) in [5, 5.41) is 13.2. The van der Waals surface area contributed by atoms with Crippen LogP contribution in [0, 0.1) is 5.92 Å². The molecule has 1 aromatic carbocycles. The van der Waals surface area contributed by atoms with E-state index < -0.39 is 0 Å². The molecule has 1 atom stereocenters. The number of pyridine rings is 1. The fourth-order valence-electron chi connectivity index (χ4n) is 1.86. The smallest absolute Gasteiger partial charge is 0.224 e. The lowest BCUT2D eigenvalue weighted by atomic mass is 10.1. The number of aliphatic hydroxyl groups is 1. The lowest BCUT2D eigenvalue weighted by Crippen LogP contribution is -2.30. The molecule has 1 aromatic heterocycles. The SMILES string of the molecule is CC(CO)CNC(=O)Cc1ccc2ncc(Cl)cc2c1. The summed E-state index contributed by atoms with van der Waals surface area (Å²) in [6.07, 6.45) is 1.91. The van der Waals surface area contributed by atoms with Gasteiger partial charge in [0.05, 0.1) is 17.0 Å².